The molecule has 4 heteroatoms. The third-order valence-electron chi connectivity index (χ3n) is 2.32. The minimum atomic E-state index is 0.422. The predicted octanol–water partition coefficient (Wildman–Crippen LogP) is 2.67. The zero-order valence-corrected chi connectivity index (χ0v) is 9.53. The average Bonchev–Trinajstić information content (AvgIpc) is 2.77. The van der Waals surface area contributed by atoms with Crippen LogP contribution in [0.1, 0.15) is 17.7 Å². The Kier molecular flexibility index (Phi) is 3.81. The molecule has 1 aromatic heterocycles. The highest BCUT2D eigenvalue weighted by molar-refractivity contribution is 7.16. The second kappa shape index (κ2) is 5.12. The third-order valence-corrected chi connectivity index (χ3v) is 3.56. The number of nitrogens with one attached hydrogen (secondary N) is 1. The molecule has 2 heterocycles. The third kappa shape index (κ3) is 2.95. The van der Waals surface area contributed by atoms with Crippen LogP contribution >= 0.6 is 22.9 Å². The summed E-state index contributed by atoms with van der Waals surface area (Å²) in [5.74, 6) is 0. The molecule has 2 nitrogen and oxygen atoms in total. The molecule has 0 radical (unpaired) electrons. The van der Waals surface area contributed by atoms with Crippen molar-refractivity contribution in [2.24, 2.45) is 0 Å². The number of hydrogen-bond acceptors (Lipinski definition) is 3. The van der Waals surface area contributed by atoms with Gasteiger partial charge >= 0.3 is 0 Å². The standard InChI is InChI=1S/C10H14ClNOS/c11-10-4-3-9(14-10)7-12-6-8-2-1-5-13-8/h3-4,8,12H,1-2,5-7H2. The van der Waals surface area contributed by atoms with E-state index in [2.05, 4.69) is 11.4 Å². The molecule has 0 saturated carbocycles. The van der Waals surface area contributed by atoms with E-state index in [-0.39, 0.29) is 0 Å². The number of ether oxygens (including phenoxy) is 1. The van der Waals surface area contributed by atoms with Crippen molar-refractivity contribution in [3.8, 4) is 0 Å². The first-order valence-corrected chi connectivity index (χ1v) is 6.10. The molecule has 78 valence electrons. The Hall–Kier alpha value is -0.0900. The summed E-state index contributed by atoms with van der Waals surface area (Å²) < 4.78 is 6.37. The van der Waals surface area contributed by atoms with Gasteiger partial charge in [-0.3, -0.25) is 0 Å². The smallest absolute Gasteiger partial charge is 0.0931 e. The van der Waals surface area contributed by atoms with Crippen molar-refractivity contribution in [3.63, 3.8) is 0 Å². The van der Waals surface area contributed by atoms with E-state index in [9.17, 15) is 0 Å². The van der Waals surface area contributed by atoms with Gasteiger partial charge in [0.05, 0.1) is 10.4 Å². The van der Waals surface area contributed by atoms with Crippen molar-refractivity contribution < 1.29 is 4.74 Å². The molecule has 1 atom stereocenters. The zero-order chi connectivity index (χ0) is 9.80. The van der Waals surface area contributed by atoms with Crippen LogP contribution in [0.15, 0.2) is 12.1 Å². The normalized spacial score (nSPS) is 21.6. The quantitative estimate of drug-likeness (QED) is 0.861. The van der Waals surface area contributed by atoms with E-state index in [0.29, 0.717) is 6.10 Å². The van der Waals surface area contributed by atoms with Crippen molar-refractivity contribution in [1.82, 2.24) is 5.32 Å². The van der Waals surface area contributed by atoms with Crippen molar-refractivity contribution >= 4 is 22.9 Å². The van der Waals surface area contributed by atoms with Gasteiger partial charge in [-0.2, -0.15) is 0 Å². The van der Waals surface area contributed by atoms with Gasteiger partial charge in [0, 0.05) is 24.6 Å². The SMILES string of the molecule is Clc1ccc(CNCC2CCCO2)s1. The lowest BCUT2D eigenvalue weighted by Crippen LogP contribution is -2.25. The van der Waals surface area contributed by atoms with Crippen molar-refractivity contribution in [1.29, 1.82) is 0 Å². The summed E-state index contributed by atoms with van der Waals surface area (Å²) in [5.41, 5.74) is 0. The Morgan fingerprint density at radius 3 is 3.14 bits per heavy atom. The number of rotatable bonds is 4. The molecule has 2 rings (SSSR count). The van der Waals surface area contributed by atoms with Crippen LogP contribution in [0.4, 0.5) is 0 Å². The highest BCUT2D eigenvalue weighted by Crippen LogP contribution is 2.21. The van der Waals surface area contributed by atoms with Gasteiger partial charge in [-0.05, 0) is 25.0 Å². The highest BCUT2D eigenvalue weighted by atomic mass is 35.5. The predicted molar refractivity (Wildman–Crippen MR) is 60.0 cm³/mol. The van der Waals surface area contributed by atoms with E-state index >= 15 is 0 Å². The minimum Gasteiger partial charge on any atom is -0.377 e. The van der Waals surface area contributed by atoms with E-state index in [0.717, 1.165) is 24.0 Å². The summed E-state index contributed by atoms with van der Waals surface area (Å²) in [6.45, 7) is 2.78. The molecular weight excluding hydrogens is 218 g/mol. The molecule has 14 heavy (non-hydrogen) atoms. The Bertz CT molecular complexity index is 283. The second-order valence-corrected chi connectivity index (χ2v) is 5.27. The molecule has 0 aliphatic carbocycles. The molecule has 1 unspecified atom stereocenters. The summed E-state index contributed by atoms with van der Waals surface area (Å²) in [6, 6.07) is 4.00. The van der Waals surface area contributed by atoms with Gasteiger partial charge in [-0.15, -0.1) is 11.3 Å². The summed E-state index contributed by atoms with van der Waals surface area (Å²) in [5, 5.41) is 3.38. The van der Waals surface area contributed by atoms with E-state index < -0.39 is 0 Å². The maximum absolute atomic E-state index is 5.83. The molecule has 1 saturated heterocycles. The summed E-state index contributed by atoms with van der Waals surface area (Å²) in [7, 11) is 0. The molecule has 1 N–H and O–H groups in total. The van der Waals surface area contributed by atoms with Crippen LogP contribution in [0.3, 0.4) is 0 Å². The van der Waals surface area contributed by atoms with Gasteiger partial charge in [-0.25, -0.2) is 0 Å². The monoisotopic (exact) mass is 231 g/mol. The number of halogens is 1. The van der Waals surface area contributed by atoms with Crippen molar-refractivity contribution in [3.05, 3.63) is 21.3 Å². The van der Waals surface area contributed by atoms with Gasteiger partial charge in [0.15, 0.2) is 0 Å². The Labute approximate surface area is 93.2 Å². The number of hydrogen-bond donors (Lipinski definition) is 1. The van der Waals surface area contributed by atoms with E-state index in [4.69, 9.17) is 16.3 Å². The molecule has 0 bridgehead atoms. The first-order valence-electron chi connectivity index (χ1n) is 4.91. The van der Waals surface area contributed by atoms with Crippen LogP contribution in [0, 0.1) is 0 Å². The summed E-state index contributed by atoms with van der Waals surface area (Å²) in [6.07, 6.45) is 2.82. The Morgan fingerprint density at radius 2 is 2.50 bits per heavy atom. The fraction of sp³-hybridized carbons (Fsp3) is 0.600. The molecular formula is C10H14ClNOS. The van der Waals surface area contributed by atoms with Crippen LogP contribution < -0.4 is 5.32 Å². The average molecular weight is 232 g/mol. The highest BCUT2D eigenvalue weighted by Gasteiger charge is 2.14. The van der Waals surface area contributed by atoms with E-state index in [1.807, 2.05) is 6.07 Å². The molecule has 0 amide bonds. The summed E-state index contributed by atoms with van der Waals surface area (Å²) in [4.78, 5) is 1.29. The van der Waals surface area contributed by atoms with Crippen LogP contribution in [0.25, 0.3) is 0 Å². The number of thiophene rings is 1. The Morgan fingerprint density at radius 1 is 1.57 bits per heavy atom. The zero-order valence-electron chi connectivity index (χ0n) is 7.96. The fourth-order valence-electron chi connectivity index (χ4n) is 1.61. The first kappa shape index (κ1) is 10.4. The lowest BCUT2D eigenvalue weighted by molar-refractivity contribution is 0.110. The van der Waals surface area contributed by atoms with Crippen LogP contribution in [0.2, 0.25) is 4.34 Å². The second-order valence-electron chi connectivity index (χ2n) is 3.47. The molecule has 0 spiro atoms. The van der Waals surface area contributed by atoms with E-state index in [1.54, 1.807) is 11.3 Å². The van der Waals surface area contributed by atoms with Gasteiger partial charge < -0.3 is 10.1 Å². The lowest BCUT2D eigenvalue weighted by atomic mass is 10.2. The van der Waals surface area contributed by atoms with Gasteiger partial charge in [0.25, 0.3) is 0 Å². The maximum atomic E-state index is 5.83. The minimum absolute atomic E-state index is 0.422. The van der Waals surface area contributed by atoms with E-state index in [1.165, 1.54) is 17.7 Å². The van der Waals surface area contributed by atoms with Gasteiger partial charge in [0.2, 0.25) is 0 Å². The van der Waals surface area contributed by atoms with Crippen LogP contribution in [-0.4, -0.2) is 19.3 Å². The Balaban J connectivity index is 1.67. The molecule has 1 fully saturated rings. The maximum Gasteiger partial charge on any atom is 0.0931 e. The lowest BCUT2D eigenvalue weighted by Gasteiger charge is -2.09. The topological polar surface area (TPSA) is 21.3 Å². The van der Waals surface area contributed by atoms with Crippen molar-refractivity contribution in [2.45, 2.75) is 25.5 Å². The van der Waals surface area contributed by atoms with Gasteiger partial charge in [-0.1, -0.05) is 11.6 Å². The fourth-order valence-corrected chi connectivity index (χ4v) is 2.67. The molecule has 1 aromatic rings. The first-order chi connectivity index (χ1) is 6.84. The molecule has 0 aromatic carbocycles. The molecule has 1 aliphatic heterocycles. The van der Waals surface area contributed by atoms with Gasteiger partial charge in [0.1, 0.15) is 0 Å². The van der Waals surface area contributed by atoms with Crippen molar-refractivity contribution in [2.75, 3.05) is 13.2 Å². The largest absolute Gasteiger partial charge is 0.377 e. The summed E-state index contributed by atoms with van der Waals surface area (Å²) >= 11 is 7.46. The van der Waals surface area contributed by atoms with Crippen LogP contribution in [0.5, 0.6) is 0 Å². The molecule has 1 aliphatic rings. The van der Waals surface area contributed by atoms with Crippen LogP contribution in [-0.2, 0) is 11.3 Å².